The summed E-state index contributed by atoms with van der Waals surface area (Å²) in [5.74, 6) is -0.110. The van der Waals surface area contributed by atoms with E-state index in [1.165, 1.54) is 7.11 Å². The SMILES string of the molecule is CC(F)(F)F.COc1ccc(NC(=O)CN)c(C(=O)c2ccc(Cl)cc2)c1. The van der Waals surface area contributed by atoms with E-state index < -0.39 is 6.18 Å². The molecule has 5 nitrogen and oxygen atoms in total. The fourth-order valence-electron chi connectivity index (χ4n) is 1.91. The number of hydrogen-bond donors (Lipinski definition) is 2. The Kier molecular flexibility index (Phi) is 8.27. The first-order chi connectivity index (χ1) is 12.5. The molecule has 9 heteroatoms. The van der Waals surface area contributed by atoms with Crippen LogP contribution in [0.3, 0.4) is 0 Å². The average Bonchev–Trinajstić information content (AvgIpc) is 2.60. The number of carbonyl (C=O) groups excluding carboxylic acids is 2. The Hall–Kier alpha value is -2.58. The molecule has 2 aromatic carbocycles. The Labute approximate surface area is 159 Å². The molecule has 0 aliphatic rings. The van der Waals surface area contributed by atoms with Crippen LogP contribution < -0.4 is 15.8 Å². The third-order valence-corrected chi connectivity index (χ3v) is 3.29. The molecule has 0 aliphatic carbocycles. The standard InChI is InChI=1S/C16H15ClN2O3.C2H3F3/c1-22-12-6-7-14(19-15(20)9-18)13(8-12)16(21)10-2-4-11(17)5-3-10;1-2(3,4)5/h2-8H,9,18H2,1H3,(H,19,20);1H3. The molecule has 146 valence electrons. The number of anilines is 1. The molecule has 0 heterocycles. The highest BCUT2D eigenvalue weighted by Crippen LogP contribution is 2.25. The molecule has 0 bridgehead atoms. The lowest BCUT2D eigenvalue weighted by Crippen LogP contribution is -2.23. The average molecular weight is 403 g/mol. The van der Waals surface area contributed by atoms with Crippen molar-refractivity contribution in [2.75, 3.05) is 19.0 Å². The molecule has 0 aliphatic heterocycles. The number of halogens is 4. The van der Waals surface area contributed by atoms with Crippen LogP contribution >= 0.6 is 11.6 Å². The van der Waals surface area contributed by atoms with Crippen LogP contribution in [0.5, 0.6) is 5.75 Å². The maximum atomic E-state index is 12.6. The van der Waals surface area contributed by atoms with Crippen molar-refractivity contribution in [3.63, 3.8) is 0 Å². The summed E-state index contributed by atoms with van der Waals surface area (Å²) >= 11 is 5.83. The summed E-state index contributed by atoms with van der Waals surface area (Å²) in [4.78, 5) is 24.1. The van der Waals surface area contributed by atoms with Gasteiger partial charge in [-0.15, -0.1) is 0 Å². The number of methoxy groups -OCH3 is 1. The summed E-state index contributed by atoms with van der Waals surface area (Å²) in [6, 6.07) is 11.3. The summed E-state index contributed by atoms with van der Waals surface area (Å²) in [6.07, 6.45) is -4.00. The number of ether oxygens (including phenoxy) is 1. The molecule has 0 saturated carbocycles. The van der Waals surface area contributed by atoms with Crippen LogP contribution in [0.15, 0.2) is 42.5 Å². The predicted molar refractivity (Wildman–Crippen MR) is 97.3 cm³/mol. The normalized spacial score (nSPS) is 10.5. The van der Waals surface area contributed by atoms with E-state index in [1.807, 2.05) is 0 Å². The van der Waals surface area contributed by atoms with Gasteiger partial charge in [-0.05, 0) is 42.5 Å². The summed E-state index contributed by atoms with van der Waals surface area (Å²) in [5, 5.41) is 3.15. The van der Waals surface area contributed by atoms with Crippen LogP contribution in [0, 0.1) is 0 Å². The van der Waals surface area contributed by atoms with Crippen molar-refractivity contribution in [3.8, 4) is 5.75 Å². The fraction of sp³-hybridized carbons (Fsp3) is 0.222. The van der Waals surface area contributed by atoms with Gasteiger partial charge in [0.2, 0.25) is 5.91 Å². The fourth-order valence-corrected chi connectivity index (χ4v) is 2.03. The van der Waals surface area contributed by atoms with Crippen LogP contribution in [0.25, 0.3) is 0 Å². The topological polar surface area (TPSA) is 81.4 Å². The zero-order valence-corrected chi connectivity index (χ0v) is 15.3. The third-order valence-electron chi connectivity index (χ3n) is 3.04. The van der Waals surface area contributed by atoms with Gasteiger partial charge in [0.15, 0.2) is 5.78 Å². The van der Waals surface area contributed by atoms with Gasteiger partial charge in [0.1, 0.15) is 5.75 Å². The number of hydrogen-bond acceptors (Lipinski definition) is 4. The lowest BCUT2D eigenvalue weighted by Gasteiger charge is -2.12. The Morgan fingerprint density at radius 1 is 1.15 bits per heavy atom. The number of benzene rings is 2. The maximum Gasteiger partial charge on any atom is 0.386 e. The molecule has 0 fully saturated rings. The smallest absolute Gasteiger partial charge is 0.386 e. The maximum absolute atomic E-state index is 12.6. The number of carbonyl (C=O) groups is 2. The molecule has 0 unspecified atom stereocenters. The molecule has 0 aromatic heterocycles. The quantitative estimate of drug-likeness (QED) is 0.739. The molecule has 1 amide bonds. The van der Waals surface area contributed by atoms with E-state index in [0.717, 1.165) is 0 Å². The van der Waals surface area contributed by atoms with Crippen molar-refractivity contribution in [1.82, 2.24) is 0 Å². The first-order valence-electron chi connectivity index (χ1n) is 7.60. The molecular formula is C18H18ClF3N2O3. The zero-order chi connectivity index (χ0) is 20.6. The van der Waals surface area contributed by atoms with Gasteiger partial charge in [-0.2, -0.15) is 13.2 Å². The molecule has 0 radical (unpaired) electrons. The van der Waals surface area contributed by atoms with Crippen LogP contribution in [0.2, 0.25) is 5.02 Å². The molecular weight excluding hydrogens is 385 g/mol. The van der Waals surface area contributed by atoms with Gasteiger partial charge < -0.3 is 15.8 Å². The van der Waals surface area contributed by atoms with E-state index in [-0.39, 0.29) is 25.2 Å². The minimum Gasteiger partial charge on any atom is -0.497 e. The van der Waals surface area contributed by atoms with E-state index in [2.05, 4.69) is 5.32 Å². The van der Waals surface area contributed by atoms with Crippen molar-refractivity contribution < 1.29 is 27.5 Å². The second kappa shape index (κ2) is 9.94. The van der Waals surface area contributed by atoms with Crippen molar-refractivity contribution in [3.05, 3.63) is 58.6 Å². The molecule has 0 spiro atoms. The summed E-state index contributed by atoms with van der Waals surface area (Å²) in [7, 11) is 1.50. The second-order valence-electron chi connectivity index (χ2n) is 5.28. The highest BCUT2D eigenvalue weighted by Gasteiger charge is 2.16. The lowest BCUT2D eigenvalue weighted by molar-refractivity contribution is -0.115. The van der Waals surface area contributed by atoms with Gasteiger partial charge in [0, 0.05) is 23.1 Å². The largest absolute Gasteiger partial charge is 0.497 e. The number of ketones is 1. The summed E-state index contributed by atoms with van der Waals surface area (Å²) in [5.41, 5.74) is 6.46. The lowest BCUT2D eigenvalue weighted by atomic mass is 10.0. The molecule has 2 rings (SSSR count). The van der Waals surface area contributed by atoms with Crippen molar-refractivity contribution in [1.29, 1.82) is 0 Å². The van der Waals surface area contributed by atoms with E-state index in [0.29, 0.717) is 27.6 Å². The number of amides is 1. The van der Waals surface area contributed by atoms with E-state index in [9.17, 15) is 22.8 Å². The number of nitrogens with two attached hydrogens (primary N) is 1. The highest BCUT2D eigenvalue weighted by molar-refractivity contribution is 6.30. The van der Waals surface area contributed by atoms with E-state index in [1.54, 1.807) is 42.5 Å². The van der Waals surface area contributed by atoms with Crippen LogP contribution in [-0.4, -0.2) is 31.5 Å². The van der Waals surface area contributed by atoms with E-state index in [4.69, 9.17) is 22.1 Å². The summed E-state index contributed by atoms with van der Waals surface area (Å²) < 4.78 is 36.2. The summed E-state index contributed by atoms with van der Waals surface area (Å²) in [6.45, 7) is 0.0214. The zero-order valence-electron chi connectivity index (χ0n) is 14.6. The van der Waals surface area contributed by atoms with Gasteiger partial charge in [0.25, 0.3) is 0 Å². The first kappa shape index (κ1) is 22.5. The highest BCUT2D eigenvalue weighted by atomic mass is 35.5. The Balaban J connectivity index is 0.000000646. The van der Waals surface area contributed by atoms with Gasteiger partial charge in [-0.1, -0.05) is 11.6 Å². The molecule has 3 N–H and O–H groups in total. The van der Waals surface area contributed by atoms with Gasteiger partial charge >= 0.3 is 6.18 Å². The Bertz CT molecular complexity index is 787. The molecule has 0 saturated heterocycles. The molecule has 27 heavy (non-hydrogen) atoms. The van der Waals surface area contributed by atoms with Gasteiger partial charge in [0.05, 0.1) is 19.3 Å². The minimum absolute atomic E-state index is 0.166. The van der Waals surface area contributed by atoms with Gasteiger partial charge in [-0.3, -0.25) is 9.59 Å². The number of alkyl halides is 3. The van der Waals surface area contributed by atoms with Crippen molar-refractivity contribution >= 4 is 29.0 Å². The Morgan fingerprint density at radius 2 is 1.70 bits per heavy atom. The first-order valence-corrected chi connectivity index (χ1v) is 7.98. The second-order valence-corrected chi connectivity index (χ2v) is 5.72. The number of rotatable bonds is 5. The minimum atomic E-state index is -4.00. The van der Waals surface area contributed by atoms with Gasteiger partial charge in [-0.25, -0.2) is 0 Å². The molecule has 0 atom stereocenters. The Morgan fingerprint density at radius 3 is 2.19 bits per heavy atom. The van der Waals surface area contributed by atoms with Crippen molar-refractivity contribution in [2.24, 2.45) is 5.73 Å². The van der Waals surface area contributed by atoms with E-state index >= 15 is 0 Å². The third kappa shape index (κ3) is 8.10. The van der Waals surface area contributed by atoms with Crippen LogP contribution in [0.1, 0.15) is 22.8 Å². The molecule has 2 aromatic rings. The predicted octanol–water partition coefficient (Wildman–Crippen LogP) is 4.05. The van der Waals surface area contributed by atoms with Crippen molar-refractivity contribution in [2.45, 2.75) is 13.1 Å². The monoisotopic (exact) mass is 402 g/mol. The van der Waals surface area contributed by atoms with Crippen LogP contribution in [-0.2, 0) is 4.79 Å². The number of nitrogens with one attached hydrogen (secondary N) is 1. The van der Waals surface area contributed by atoms with Crippen LogP contribution in [0.4, 0.5) is 18.9 Å².